The van der Waals surface area contributed by atoms with Gasteiger partial charge in [0.15, 0.2) is 5.96 Å². The van der Waals surface area contributed by atoms with Crippen molar-refractivity contribution >= 4 is 45.9 Å². The van der Waals surface area contributed by atoms with Crippen LogP contribution >= 0.6 is 24.0 Å². The number of amides is 1. The third-order valence-corrected chi connectivity index (χ3v) is 6.24. The third-order valence-electron chi connectivity index (χ3n) is 4.43. The maximum atomic E-state index is 12.6. The molecule has 1 amide bonds. The van der Waals surface area contributed by atoms with Gasteiger partial charge >= 0.3 is 0 Å². The van der Waals surface area contributed by atoms with E-state index in [-0.39, 0.29) is 35.6 Å². The van der Waals surface area contributed by atoms with Crippen LogP contribution in [0.5, 0.6) is 0 Å². The van der Waals surface area contributed by atoms with Crippen LogP contribution < -0.4 is 10.6 Å². The van der Waals surface area contributed by atoms with E-state index in [0.717, 1.165) is 5.96 Å². The molecule has 0 unspecified atom stereocenters. The van der Waals surface area contributed by atoms with Gasteiger partial charge in [0, 0.05) is 50.7 Å². The molecular formula is C18H33IN6O4S. The maximum Gasteiger partial charge on any atom is 0.225 e. The molecule has 12 heteroatoms. The van der Waals surface area contributed by atoms with Gasteiger partial charge < -0.3 is 20.1 Å². The average Bonchev–Trinajstić information content (AvgIpc) is 3.15. The number of hydrogen-bond donors (Lipinski definition) is 2. The number of aliphatic imine (C=N–C) groups is 1. The summed E-state index contributed by atoms with van der Waals surface area (Å²) in [4.78, 5) is 18.5. The molecule has 2 heterocycles. The summed E-state index contributed by atoms with van der Waals surface area (Å²) in [6, 6.07) is 1.56. The minimum absolute atomic E-state index is 0. The number of nitrogens with zero attached hydrogens (tertiary/aromatic N) is 4. The number of rotatable bonds is 7. The van der Waals surface area contributed by atoms with E-state index >= 15 is 0 Å². The van der Waals surface area contributed by atoms with Crippen molar-refractivity contribution in [1.29, 1.82) is 0 Å². The number of carbonyl (C=O) groups is 1. The molecule has 0 aromatic carbocycles. The minimum atomic E-state index is -3.44. The first-order chi connectivity index (χ1) is 13.6. The van der Waals surface area contributed by atoms with Crippen molar-refractivity contribution in [2.45, 2.75) is 33.4 Å². The zero-order valence-electron chi connectivity index (χ0n) is 18.0. The lowest BCUT2D eigenvalue weighted by molar-refractivity contribution is -0.128. The second-order valence-corrected chi connectivity index (χ2v) is 9.84. The van der Waals surface area contributed by atoms with Crippen molar-refractivity contribution in [1.82, 2.24) is 25.0 Å². The van der Waals surface area contributed by atoms with Crippen molar-refractivity contribution in [3.63, 3.8) is 0 Å². The number of carbonyl (C=O) groups excluding carboxylic acids is 1. The van der Waals surface area contributed by atoms with E-state index in [1.54, 1.807) is 6.07 Å². The van der Waals surface area contributed by atoms with Gasteiger partial charge in [-0.05, 0) is 6.92 Å². The van der Waals surface area contributed by atoms with Crippen molar-refractivity contribution in [2.24, 2.45) is 10.4 Å². The first-order valence-electron chi connectivity index (χ1n) is 9.82. The van der Waals surface area contributed by atoms with Gasteiger partial charge in [-0.15, -0.1) is 24.0 Å². The summed E-state index contributed by atoms with van der Waals surface area (Å²) in [6.07, 6.45) is 1.37. The molecule has 0 radical (unpaired) electrons. The number of halogens is 1. The summed E-state index contributed by atoms with van der Waals surface area (Å²) < 4.78 is 31.3. The monoisotopic (exact) mass is 556 g/mol. The second-order valence-electron chi connectivity index (χ2n) is 7.87. The van der Waals surface area contributed by atoms with Crippen LogP contribution in [-0.4, -0.2) is 80.5 Å². The van der Waals surface area contributed by atoms with Gasteiger partial charge in [-0.3, -0.25) is 9.79 Å². The van der Waals surface area contributed by atoms with Crippen LogP contribution in [0.3, 0.4) is 0 Å². The lowest BCUT2D eigenvalue weighted by Gasteiger charge is -2.35. The zero-order valence-corrected chi connectivity index (χ0v) is 21.2. The van der Waals surface area contributed by atoms with Crippen LogP contribution in [0.1, 0.15) is 33.4 Å². The van der Waals surface area contributed by atoms with Gasteiger partial charge in [0.25, 0.3) is 0 Å². The van der Waals surface area contributed by atoms with E-state index in [9.17, 15) is 13.2 Å². The Morgan fingerprint density at radius 3 is 2.43 bits per heavy atom. The number of aromatic nitrogens is 1. The zero-order chi connectivity index (χ0) is 21.5. The predicted molar refractivity (Wildman–Crippen MR) is 126 cm³/mol. The fraction of sp³-hybridized carbons (Fsp3) is 0.722. The predicted octanol–water partition coefficient (Wildman–Crippen LogP) is 0.868. The normalized spacial score (nSPS) is 16.1. The summed E-state index contributed by atoms with van der Waals surface area (Å²) in [5.74, 6) is 0.556. The van der Waals surface area contributed by atoms with Gasteiger partial charge in [-0.2, -0.15) is 4.31 Å². The Morgan fingerprint density at radius 2 is 1.90 bits per heavy atom. The molecule has 1 fully saturated rings. The Bertz CT molecular complexity index is 784. The Balaban J connectivity index is 0.00000450. The molecule has 0 atom stereocenters. The molecule has 1 aromatic rings. The minimum Gasteiger partial charge on any atom is -0.364 e. The first-order valence-corrected chi connectivity index (χ1v) is 11.4. The van der Waals surface area contributed by atoms with E-state index in [1.807, 2.05) is 32.6 Å². The quantitative estimate of drug-likeness (QED) is 0.221. The number of hydrogen-bond acceptors (Lipinski definition) is 6. The molecule has 30 heavy (non-hydrogen) atoms. The second kappa shape index (κ2) is 11.8. The highest BCUT2D eigenvalue weighted by Gasteiger charge is 2.29. The van der Waals surface area contributed by atoms with Crippen LogP contribution in [0.15, 0.2) is 21.8 Å². The Labute approximate surface area is 195 Å². The van der Waals surface area contributed by atoms with E-state index in [0.29, 0.717) is 51.5 Å². The smallest absolute Gasteiger partial charge is 0.225 e. The van der Waals surface area contributed by atoms with E-state index in [4.69, 9.17) is 4.52 Å². The summed E-state index contributed by atoms with van der Waals surface area (Å²) in [5, 5.41) is 9.79. The summed E-state index contributed by atoms with van der Waals surface area (Å²) in [6.45, 7) is 11.0. The molecule has 1 aliphatic heterocycles. The maximum absolute atomic E-state index is 12.6. The molecule has 1 saturated heterocycles. The molecule has 0 saturated carbocycles. The molecular weight excluding hydrogens is 523 g/mol. The van der Waals surface area contributed by atoms with E-state index in [2.05, 4.69) is 20.8 Å². The molecule has 1 aromatic heterocycles. The number of piperazine rings is 1. The van der Waals surface area contributed by atoms with E-state index in [1.165, 1.54) is 10.6 Å². The van der Waals surface area contributed by atoms with Crippen LogP contribution in [-0.2, 0) is 20.6 Å². The van der Waals surface area contributed by atoms with E-state index < -0.39 is 15.4 Å². The van der Waals surface area contributed by atoms with Gasteiger partial charge in [-0.1, -0.05) is 25.9 Å². The van der Waals surface area contributed by atoms with Crippen LogP contribution in [0.4, 0.5) is 0 Å². The Hall–Kier alpha value is -1.41. The molecule has 0 spiro atoms. The van der Waals surface area contributed by atoms with Gasteiger partial charge in [-0.25, -0.2) is 8.42 Å². The van der Waals surface area contributed by atoms with Crippen molar-refractivity contribution in [3.05, 3.63) is 18.0 Å². The molecule has 2 rings (SSSR count). The Kier molecular flexibility index (Phi) is 10.5. The standard InChI is InChI=1S/C18H32N6O4S.HI/c1-5-19-17(21-8-7-20-16(25)18(2,3)4)23-9-11-24(12-10-23)29(26,27)14-15-6-13-28-22-15;/h6,13H,5,7-12,14H2,1-4H3,(H,19,21)(H,20,25);1H. The molecule has 10 nitrogen and oxygen atoms in total. The molecule has 0 bridgehead atoms. The summed E-state index contributed by atoms with van der Waals surface area (Å²) >= 11 is 0. The topological polar surface area (TPSA) is 120 Å². The SMILES string of the molecule is CCNC(=NCCNC(=O)C(C)(C)C)N1CCN(S(=O)(=O)Cc2ccon2)CC1.I. The number of guanidine groups is 1. The Morgan fingerprint density at radius 1 is 1.23 bits per heavy atom. The number of nitrogens with one attached hydrogen (secondary N) is 2. The largest absolute Gasteiger partial charge is 0.364 e. The fourth-order valence-electron chi connectivity index (χ4n) is 2.79. The molecule has 0 aliphatic carbocycles. The highest BCUT2D eigenvalue weighted by Crippen LogP contribution is 2.13. The van der Waals surface area contributed by atoms with Gasteiger partial charge in [0.05, 0.1) is 12.2 Å². The lowest BCUT2D eigenvalue weighted by atomic mass is 9.96. The van der Waals surface area contributed by atoms with Crippen molar-refractivity contribution in [2.75, 3.05) is 45.8 Å². The summed E-state index contributed by atoms with van der Waals surface area (Å²) in [5.41, 5.74) is -0.0261. The lowest BCUT2D eigenvalue weighted by Crippen LogP contribution is -2.54. The fourth-order valence-corrected chi connectivity index (χ4v) is 4.22. The molecule has 2 N–H and O–H groups in total. The molecule has 1 aliphatic rings. The van der Waals surface area contributed by atoms with Crippen LogP contribution in [0.2, 0.25) is 0 Å². The summed E-state index contributed by atoms with van der Waals surface area (Å²) in [7, 11) is -3.44. The van der Waals surface area contributed by atoms with Crippen molar-refractivity contribution in [3.8, 4) is 0 Å². The third kappa shape index (κ3) is 8.02. The van der Waals surface area contributed by atoms with Gasteiger partial charge in [0.1, 0.15) is 12.0 Å². The average molecular weight is 556 g/mol. The highest BCUT2D eigenvalue weighted by molar-refractivity contribution is 14.0. The molecule has 172 valence electrons. The first kappa shape index (κ1) is 26.6. The van der Waals surface area contributed by atoms with Crippen LogP contribution in [0, 0.1) is 5.41 Å². The van der Waals surface area contributed by atoms with Crippen molar-refractivity contribution < 1.29 is 17.7 Å². The van der Waals surface area contributed by atoms with Gasteiger partial charge in [0.2, 0.25) is 15.9 Å². The van der Waals surface area contributed by atoms with Crippen LogP contribution in [0.25, 0.3) is 0 Å². The number of sulfonamides is 1. The highest BCUT2D eigenvalue weighted by atomic mass is 127.